The number of hydrogen-bond acceptors (Lipinski definition) is 7. The van der Waals surface area contributed by atoms with Crippen LogP contribution in [0.2, 0.25) is 0 Å². The van der Waals surface area contributed by atoms with Crippen LogP contribution in [0.1, 0.15) is 11.1 Å². The number of carbonyl (C=O) groups excluding carboxylic acids is 1. The van der Waals surface area contributed by atoms with Crippen molar-refractivity contribution in [3.63, 3.8) is 0 Å². The van der Waals surface area contributed by atoms with Crippen molar-refractivity contribution in [3.8, 4) is 17.2 Å². The minimum atomic E-state index is -4.03. The highest BCUT2D eigenvalue weighted by molar-refractivity contribution is 7.89. The number of hydrazone groups is 1. The second-order valence-corrected chi connectivity index (χ2v) is 9.40. The second-order valence-electron chi connectivity index (χ2n) is 7.46. The van der Waals surface area contributed by atoms with Crippen LogP contribution in [0.4, 0.5) is 4.39 Å². The fourth-order valence-electron chi connectivity index (χ4n) is 3.31. The molecular weight excluding hydrogens is 489 g/mol. The number of rotatable bonds is 11. The average molecular weight is 516 g/mol. The summed E-state index contributed by atoms with van der Waals surface area (Å²) >= 11 is 0. The number of methoxy groups -OCH3 is 3. The molecule has 3 rings (SSSR count). The topological polar surface area (TPSA) is 107 Å². The Balaban J connectivity index is 1.79. The van der Waals surface area contributed by atoms with Crippen molar-refractivity contribution in [2.45, 2.75) is 11.4 Å². The first kappa shape index (κ1) is 26.6. The van der Waals surface area contributed by atoms with Crippen LogP contribution >= 0.6 is 0 Å². The Hall–Kier alpha value is -3.96. The molecule has 3 aromatic carbocycles. The standard InChI is InChI=1S/C25H26FN3O6S/c1-33-22-13-19(14-23(34-2)25(22)35-3)15-27-28-24(30)17-29(16-18-9-11-20(26)12-10-18)36(31,32)21-7-5-4-6-8-21/h4-15H,16-17H2,1-3H3,(H,28,30)/b27-15-. The normalized spacial score (nSPS) is 11.5. The van der Waals surface area contributed by atoms with Crippen LogP contribution in [-0.2, 0) is 21.4 Å². The monoisotopic (exact) mass is 515 g/mol. The molecule has 0 bridgehead atoms. The Kier molecular flexibility index (Phi) is 8.98. The highest BCUT2D eigenvalue weighted by Gasteiger charge is 2.26. The lowest BCUT2D eigenvalue weighted by Gasteiger charge is -2.21. The van der Waals surface area contributed by atoms with Gasteiger partial charge in [0.2, 0.25) is 15.8 Å². The lowest BCUT2D eigenvalue weighted by Crippen LogP contribution is -2.39. The summed E-state index contributed by atoms with van der Waals surface area (Å²) in [4.78, 5) is 12.7. The maximum atomic E-state index is 13.3. The highest BCUT2D eigenvalue weighted by atomic mass is 32.2. The van der Waals surface area contributed by atoms with E-state index < -0.39 is 28.3 Å². The van der Waals surface area contributed by atoms with Gasteiger partial charge in [0.05, 0.1) is 39.0 Å². The van der Waals surface area contributed by atoms with Crippen molar-refractivity contribution >= 4 is 22.1 Å². The number of nitrogens with one attached hydrogen (secondary N) is 1. The molecule has 0 atom stereocenters. The summed E-state index contributed by atoms with van der Waals surface area (Å²) in [6.07, 6.45) is 1.36. The van der Waals surface area contributed by atoms with Gasteiger partial charge in [-0.3, -0.25) is 4.79 Å². The van der Waals surface area contributed by atoms with E-state index in [-0.39, 0.29) is 11.4 Å². The number of sulfonamides is 1. The predicted molar refractivity (Wildman–Crippen MR) is 132 cm³/mol. The Bertz CT molecular complexity index is 1290. The molecule has 1 amide bonds. The van der Waals surface area contributed by atoms with E-state index in [1.54, 1.807) is 30.3 Å². The van der Waals surface area contributed by atoms with Gasteiger partial charge in [-0.05, 0) is 42.0 Å². The first-order chi connectivity index (χ1) is 17.3. The van der Waals surface area contributed by atoms with Crippen molar-refractivity contribution in [2.75, 3.05) is 27.9 Å². The van der Waals surface area contributed by atoms with Gasteiger partial charge in [-0.2, -0.15) is 9.41 Å². The molecule has 11 heteroatoms. The third kappa shape index (κ3) is 6.58. The van der Waals surface area contributed by atoms with Gasteiger partial charge >= 0.3 is 0 Å². The van der Waals surface area contributed by atoms with E-state index in [4.69, 9.17) is 14.2 Å². The summed E-state index contributed by atoms with van der Waals surface area (Å²) in [5.41, 5.74) is 3.40. The van der Waals surface area contributed by atoms with E-state index in [2.05, 4.69) is 10.5 Å². The molecule has 0 aromatic heterocycles. The fraction of sp³-hybridized carbons (Fsp3) is 0.200. The summed E-state index contributed by atoms with van der Waals surface area (Å²) in [7, 11) is 0.404. The summed E-state index contributed by atoms with van der Waals surface area (Å²) in [6, 6.07) is 16.4. The lowest BCUT2D eigenvalue weighted by molar-refractivity contribution is -0.121. The smallest absolute Gasteiger partial charge is 0.255 e. The molecule has 9 nitrogen and oxygen atoms in total. The lowest BCUT2D eigenvalue weighted by atomic mass is 10.2. The molecule has 190 valence electrons. The SMILES string of the molecule is COc1cc(/C=N\NC(=O)CN(Cc2ccc(F)cc2)S(=O)(=O)c2ccccc2)cc(OC)c1OC. The summed E-state index contributed by atoms with van der Waals surface area (Å²) in [5.74, 6) is 0.104. The molecule has 0 heterocycles. The zero-order valence-electron chi connectivity index (χ0n) is 20.0. The predicted octanol–water partition coefficient (Wildman–Crippen LogP) is 3.19. The van der Waals surface area contributed by atoms with Crippen molar-refractivity contribution in [1.29, 1.82) is 0 Å². The van der Waals surface area contributed by atoms with E-state index in [0.717, 1.165) is 4.31 Å². The zero-order valence-corrected chi connectivity index (χ0v) is 20.8. The van der Waals surface area contributed by atoms with E-state index in [1.165, 1.54) is 63.9 Å². The largest absolute Gasteiger partial charge is 0.493 e. The number of ether oxygens (including phenoxy) is 3. The van der Waals surface area contributed by atoms with E-state index in [9.17, 15) is 17.6 Å². The minimum absolute atomic E-state index is 0.0286. The molecule has 3 aromatic rings. The van der Waals surface area contributed by atoms with Crippen molar-refractivity contribution in [1.82, 2.24) is 9.73 Å². The van der Waals surface area contributed by atoms with E-state index in [1.807, 2.05) is 0 Å². The van der Waals surface area contributed by atoms with Gasteiger partial charge in [0.15, 0.2) is 11.5 Å². The molecule has 0 aliphatic rings. The maximum absolute atomic E-state index is 13.3. The Morgan fingerprint density at radius 3 is 2.14 bits per heavy atom. The van der Waals surface area contributed by atoms with Crippen LogP contribution < -0.4 is 19.6 Å². The van der Waals surface area contributed by atoms with Gasteiger partial charge in [0.1, 0.15) is 5.82 Å². The third-order valence-corrected chi connectivity index (χ3v) is 6.87. The zero-order chi connectivity index (χ0) is 26.1. The van der Waals surface area contributed by atoms with Crippen molar-refractivity contribution < 1.29 is 31.8 Å². The third-order valence-electron chi connectivity index (χ3n) is 5.06. The minimum Gasteiger partial charge on any atom is -0.493 e. The van der Waals surface area contributed by atoms with Crippen LogP contribution in [-0.4, -0.2) is 52.7 Å². The first-order valence-electron chi connectivity index (χ1n) is 10.7. The molecule has 36 heavy (non-hydrogen) atoms. The van der Waals surface area contributed by atoms with Crippen LogP contribution in [0.3, 0.4) is 0 Å². The average Bonchev–Trinajstić information content (AvgIpc) is 2.89. The highest BCUT2D eigenvalue weighted by Crippen LogP contribution is 2.37. The summed E-state index contributed by atoms with van der Waals surface area (Å²) in [5, 5.41) is 3.93. The molecule has 0 saturated heterocycles. The number of nitrogens with zero attached hydrogens (tertiary/aromatic N) is 2. The number of benzene rings is 3. The van der Waals surface area contributed by atoms with Crippen molar-refractivity contribution in [3.05, 3.63) is 83.7 Å². The first-order valence-corrected chi connectivity index (χ1v) is 12.1. The fourth-order valence-corrected chi connectivity index (χ4v) is 4.72. The Labute approximate surface area is 209 Å². The van der Waals surface area contributed by atoms with E-state index in [0.29, 0.717) is 28.4 Å². The molecule has 0 saturated carbocycles. The van der Waals surface area contributed by atoms with Crippen molar-refractivity contribution in [2.24, 2.45) is 5.10 Å². The van der Waals surface area contributed by atoms with Gasteiger partial charge in [0.25, 0.3) is 5.91 Å². The summed E-state index contributed by atoms with van der Waals surface area (Å²) in [6.45, 7) is -0.650. The van der Waals surface area contributed by atoms with Crippen LogP contribution in [0.15, 0.2) is 76.7 Å². The molecule has 0 spiro atoms. The van der Waals surface area contributed by atoms with Gasteiger partial charge in [-0.1, -0.05) is 30.3 Å². The molecule has 1 N–H and O–H groups in total. The van der Waals surface area contributed by atoms with Crippen LogP contribution in [0.25, 0.3) is 0 Å². The van der Waals surface area contributed by atoms with Gasteiger partial charge in [-0.15, -0.1) is 0 Å². The second kappa shape index (κ2) is 12.1. The molecular formula is C25H26FN3O6S. The number of amides is 1. The number of carbonyl (C=O) groups is 1. The quantitative estimate of drug-likeness (QED) is 0.311. The van der Waals surface area contributed by atoms with Gasteiger partial charge < -0.3 is 14.2 Å². The van der Waals surface area contributed by atoms with Crippen LogP contribution in [0, 0.1) is 5.82 Å². The Morgan fingerprint density at radius 1 is 0.972 bits per heavy atom. The molecule has 0 fully saturated rings. The Morgan fingerprint density at radius 2 is 1.58 bits per heavy atom. The molecule has 0 unspecified atom stereocenters. The number of halogens is 1. The van der Waals surface area contributed by atoms with Gasteiger partial charge in [0, 0.05) is 12.1 Å². The summed E-state index contributed by atoms with van der Waals surface area (Å²) < 4.78 is 56.6. The van der Waals surface area contributed by atoms with Gasteiger partial charge in [-0.25, -0.2) is 18.2 Å². The molecule has 0 aliphatic carbocycles. The number of hydrogen-bond donors (Lipinski definition) is 1. The maximum Gasteiger partial charge on any atom is 0.255 e. The molecule has 0 aliphatic heterocycles. The van der Waals surface area contributed by atoms with E-state index >= 15 is 0 Å². The molecule has 0 radical (unpaired) electrons. The van der Waals surface area contributed by atoms with Crippen LogP contribution in [0.5, 0.6) is 17.2 Å².